The van der Waals surface area contributed by atoms with E-state index >= 15 is 0 Å². The Morgan fingerprint density at radius 2 is 1.94 bits per heavy atom. The molecule has 1 aromatic heterocycles. The van der Waals surface area contributed by atoms with Gasteiger partial charge < -0.3 is 10.6 Å². The first kappa shape index (κ1) is 25.3. The number of aromatic nitrogens is 1. The number of pyridine rings is 1. The molecule has 2 aliphatic heterocycles. The number of halogens is 4. The fourth-order valence-electron chi connectivity index (χ4n) is 3.82. The van der Waals surface area contributed by atoms with E-state index in [-0.39, 0.29) is 45.0 Å². The highest BCUT2D eigenvalue weighted by atomic mass is 35.5. The van der Waals surface area contributed by atoms with Gasteiger partial charge in [-0.25, -0.2) is 27.2 Å². The SMILES string of the molecule is Cc1cc(Cl)cc(C(=O)NC2CS(=O)(=O)C2)c1NC(=O)C1CC(C(F)F)=NN1c1ncccc1Cl. The van der Waals surface area contributed by atoms with Crippen molar-refractivity contribution in [3.63, 3.8) is 0 Å². The highest BCUT2D eigenvalue weighted by Gasteiger charge is 2.39. The maximum atomic E-state index is 13.4. The predicted octanol–water partition coefficient (Wildman–Crippen LogP) is 3.06. The molecule has 0 saturated carbocycles. The number of hydrazone groups is 1. The van der Waals surface area contributed by atoms with Gasteiger partial charge in [0.2, 0.25) is 5.91 Å². The smallest absolute Gasteiger partial charge is 0.278 e. The normalized spacial score (nSPS) is 19.3. The van der Waals surface area contributed by atoms with E-state index < -0.39 is 45.9 Å². The molecule has 3 heterocycles. The van der Waals surface area contributed by atoms with Crippen LogP contribution in [-0.4, -0.2) is 60.9 Å². The van der Waals surface area contributed by atoms with Gasteiger partial charge >= 0.3 is 0 Å². The number of amides is 2. The van der Waals surface area contributed by atoms with E-state index in [2.05, 4.69) is 20.7 Å². The van der Waals surface area contributed by atoms with Crippen LogP contribution >= 0.6 is 23.2 Å². The van der Waals surface area contributed by atoms with Gasteiger partial charge in [0.25, 0.3) is 12.3 Å². The van der Waals surface area contributed by atoms with E-state index in [1.54, 1.807) is 13.0 Å². The Bertz CT molecular complexity index is 1330. The Balaban J connectivity index is 1.61. The number of anilines is 2. The number of nitrogens with one attached hydrogen (secondary N) is 2. The average molecular weight is 546 g/mol. The van der Waals surface area contributed by atoms with Crippen molar-refractivity contribution in [1.29, 1.82) is 0 Å². The highest BCUT2D eigenvalue weighted by Crippen LogP contribution is 2.32. The van der Waals surface area contributed by atoms with Crippen LogP contribution in [-0.2, 0) is 14.6 Å². The summed E-state index contributed by atoms with van der Waals surface area (Å²) in [4.78, 5) is 30.2. The summed E-state index contributed by atoms with van der Waals surface area (Å²) >= 11 is 12.3. The summed E-state index contributed by atoms with van der Waals surface area (Å²) in [6.07, 6.45) is -1.89. The van der Waals surface area contributed by atoms with E-state index in [0.717, 1.165) is 5.01 Å². The quantitative estimate of drug-likeness (QED) is 0.575. The van der Waals surface area contributed by atoms with Crippen LogP contribution in [0.1, 0.15) is 22.3 Å². The molecule has 1 saturated heterocycles. The number of carbonyl (C=O) groups is 2. The minimum Gasteiger partial charge on any atom is -0.347 e. The number of sulfone groups is 1. The molecule has 2 amide bonds. The van der Waals surface area contributed by atoms with E-state index in [9.17, 15) is 26.8 Å². The van der Waals surface area contributed by atoms with Gasteiger partial charge in [0, 0.05) is 17.6 Å². The molecular formula is C21H19Cl2F2N5O4S. The molecular weight excluding hydrogens is 527 g/mol. The summed E-state index contributed by atoms with van der Waals surface area (Å²) in [7, 11) is -3.17. The van der Waals surface area contributed by atoms with Crippen molar-refractivity contribution < 1.29 is 26.8 Å². The number of rotatable bonds is 6. The number of hydrogen-bond donors (Lipinski definition) is 2. The van der Waals surface area contributed by atoms with Gasteiger partial charge in [-0.1, -0.05) is 23.2 Å². The Hall–Kier alpha value is -2.83. The van der Waals surface area contributed by atoms with Crippen LogP contribution in [0.15, 0.2) is 35.6 Å². The van der Waals surface area contributed by atoms with Crippen LogP contribution < -0.4 is 15.6 Å². The van der Waals surface area contributed by atoms with Gasteiger partial charge in [-0.15, -0.1) is 0 Å². The second-order valence-corrected chi connectivity index (χ2v) is 11.1. The van der Waals surface area contributed by atoms with Crippen LogP contribution in [0.4, 0.5) is 20.3 Å². The van der Waals surface area contributed by atoms with Crippen LogP contribution in [0, 0.1) is 6.92 Å². The van der Waals surface area contributed by atoms with Crippen molar-refractivity contribution in [3.8, 4) is 0 Å². The first-order valence-corrected chi connectivity index (χ1v) is 12.9. The zero-order valence-corrected chi connectivity index (χ0v) is 20.5. The number of benzene rings is 1. The van der Waals surface area contributed by atoms with E-state index in [4.69, 9.17) is 23.2 Å². The van der Waals surface area contributed by atoms with Crippen molar-refractivity contribution >= 4 is 62.1 Å². The summed E-state index contributed by atoms with van der Waals surface area (Å²) in [5.74, 6) is -1.70. The molecule has 9 nitrogen and oxygen atoms in total. The number of nitrogens with zero attached hydrogens (tertiary/aromatic N) is 3. The molecule has 1 atom stereocenters. The van der Waals surface area contributed by atoms with Gasteiger partial charge in [0.05, 0.1) is 33.8 Å². The van der Waals surface area contributed by atoms with Gasteiger partial charge in [-0.05, 0) is 36.8 Å². The fraction of sp³-hybridized carbons (Fsp3) is 0.333. The average Bonchev–Trinajstić information content (AvgIpc) is 3.20. The highest BCUT2D eigenvalue weighted by molar-refractivity contribution is 7.92. The molecule has 1 aromatic carbocycles. The standard InChI is InChI=1S/C21H19Cl2F2N5O4S/c1-10-5-11(22)6-13(20(31)27-12-8-35(33,34)9-12)17(10)28-21(32)16-7-15(18(24)25)29-30(16)19-14(23)3-2-4-26-19/h2-6,12,16,18H,7-9H2,1H3,(H,27,31)(H,28,32). The lowest BCUT2D eigenvalue weighted by Gasteiger charge is -2.27. The van der Waals surface area contributed by atoms with Gasteiger partial charge in [-0.3, -0.25) is 9.59 Å². The Labute approximate surface area is 209 Å². The molecule has 186 valence electrons. The largest absolute Gasteiger partial charge is 0.347 e. The summed E-state index contributed by atoms with van der Waals surface area (Å²) in [5.41, 5.74) is 0.0382. The molecule has 2 aliphatic rings. The lowest BCUT2D eigenvalue weighted by molar-refractivity contribution is -0.117. The molecule has 0 radical (unpaired) electrons. The third-order valence-corrected chi connectivity index (χ3v) is 7.82. The maximum absolute atomic E-state index is 13.4. The molecule has 35 heavy (non-hydrogen) atoms. The molecule has 0 spiro atoms. The lowest BCUT2D eigenvalue weighted by atomic mass is 10.0. The van der Waals surface area contributed by atoms with Crippen molar-refractivity contribution in [1.82, 2.24) is 10.3 Å². The maximum Gasteiger partial charge on any atom is 0.278 e. The molecule has 1 fully saturated rings. The first-order chi connectivity index (χ1) is 16.4. The molecule has 2 N–H and O–H groups in total. The van der Waals surface area contributed by atoms with Crippen molar-refractivity contribution in [2.75, 3.05) is 21.8 Å². The first-order valence-electron chi connectivity index (χ1n) is 10.3. The van der Waals surface area contributed by atoms with E-state index in [0.29, 0.717) is 5.56 Å². The van der Waals surface area contributed by atoms with E-state index in [1.165, 1.54) is 24.4 Å². The Kier molecular flexibility index (Phi) is 6.98. The summed E-state index contributed by atoms with van der Waals surface area (Å²) in [6, 6.07) is 4.11. The molecule has 0 bridgehead atoms. The lowest BCUT2D eigenvalue weighted by Crippen LogP contribution is -2.53. The topological polar surface area (TPSA) is 121 Å². The minimum atomic E-state index is -3.17. The number of carbonyl (C=O) groups excluding carboxylic acids is 2. The van der Waals surface area contributed by atoms with Crippen molar-refractivity contribution in [2.24, 2.45) is 5.10 Å². The van der Waals surface area contributed by atoms with Crippen LogP contribution in [0.25, 0.3) is 0 Å². The summed E-state index contributed by atoms with van der Waals surface area (Å²) in [6.45, 7) is 1.61. The van der Waals surface area contributed by atoms with Gasteiger partial charge in [0.15, 0.2) is 15.7 Å². The van der Waals surface area contributed by atoms with Crippen molar-refractivity contribution in [3.05, 3.63) is 51.6 Å². The third-order valence-electron chi connectivity index (χ3n) is 5.48. The summed E-state index contributed by atoms with van der Waals surface area (Å²) in [5, 5.41) is 10.5. The minimum absolute atomic E-state index is 0.00284. The number of alkyl halides is 2. The summed E-state index contributed by atoms with van der Waals surface area (Å²) < 4.78 is 49.7. The predicted molar refractivity (Wildman–Crippen MR) is 128 cm³/mol. The molecule has 4 rings (SSSR count). The molecule has 1 unspecified atom stereocenters. The molecule has 14 heteroatoms. The Morgan fingerprint density at radius 1 is 1.23 bits per heavy atom. The zero-order valence-electron chi connectivity index (χ0n) is 18.1. The van der Waals surface area contributed by atoms with Gasteiger partial charge in [0.1, 0.15) is 11.8 Å². The second-order valence-electron chi connectivity index (χ2n) is 8.15. The fourth-order valence-corrected chi connectivity index (χ4v) is 5.59. The van der Waals surface area contributed by atoms with E-state index in [1.807, 2.05) is 0 Å². The third kappa shape index (κ3) is 5.39. The molecule has 2 aromatic rings. The Morgan fingerprint density at radius 3 is 2.57 bits per heavy atom. The van der Waals surface area contributed by atoms with Crippen LogP contribution in [0.2, 0.25) is 10.0 Å². The zero-order chi connectivity index (χ0) is 25.5. The van der Waals surface area contributed by atoms with Crippen molar-refractivity contribution in [2.45, 2.75) is 31.9 Å². The van der Waals surface area contributed by atoms with Crippen LogP contribution in [0.5, 0.6) is 0 Å². The van der Waals surface area contributed by atoms with Gasteiger partial charge in [-0.2, -0.15) is 5.10 Å². The number of aryl methyl sites for hydroxylation is 1. The second kappa shape index (κ2) is 9.67. The number of hydrogen-bond acceptors (Lipinski definition) is 7. The van der Waals surface area contributed by atoms with Crippen LogP contribution in [0.3, 0.4) is 0 Å². The monoisotopic (exact) mass is 545 g/mol. The molecule has 0 aliphatic carbocycles.